The number of carbonyl (C=O) groups is 1. The Morgan fingerprint density at radius 1 is 1.27 bits per heavy atom. The second kappa shape index (κ2) is 5.90. The second-order valence-corrected chi connectivity index (χ2v) is 5.98. The number of amides is 1. The molecule has 0 fully saturated rings. The molecule has 1 amide bonds. The van der Waals surface area contributed by atoms with Crippen LogP contribution in [0.5, 0.6) is 0 Å². The fraction of sp³-hybridized carbons (Fsp3) is 0.0667. The van der Waals surface area contributed by atoms with Gasteiger partial charge in [0.1, 0.15) is 5.82 Å². The van der Waals surface area contributed by atoms with Gasteiger partial charge < -0.3 is 4.57 Å². The Hall–Kier alpha value is -2.18. The molecule has 1 heterocycles. The summed E-state index contributed by atoms with van der Waals surface area (Å²) in [6.07, 6.45) is 0. The molecular formula is C15H11ClFN3OS. The largest absolute Gasteiger partial charge is 0.318 e. The van der Waals surface area contributed by atoms with Gasteiger partial charge in [0.15, 0.2) is 0 Å². The molecule has 0 spiro atoms. The molecule has 0 unspecified atom stereocenters. The molecule has 3 aromatic rings. The summed E-state index contributed by atoms with van der Waals surface area (Å²) in [5, 5.41) is 4.11. The molecule has 0 radical (unpaired) electrons. The molecule has 1 N–H and O–H groups in total. The van der Waals surface area contributed by atoms with Crippen molar-refractivity contribution < 1.29 is 9.18 Å². The van der Waals surface area contributed by atoms with Crippen molar-refractivity contribution in [3.8, 4) is 0 Å². The zero-order chi connectivity index (χ0) is 15.7. The number of aromatic nitrogens is 1. The molecule has 0 atom stereocenters. The Kier molecular flexibility index (Phi) is 3.96. The summed E-state index contributed by atoms with van der Waals surface area (Å²) in [6, 6.07) is 11.9. The van der Waals surface area contributed by atoms with Crippen LogP contribution in [-0.4, -0.2) is 10.5 Å². The molecule has 22 heavy (non-hydrogen) atoms. The number of carbonyl (C=O) groups excluding carboxylic acids is 1. The van der Waals surface area contributed by atoms with Crippen LogP contribution in [0.15, 0.2) is 47.6 Å². The van der Waals surface area contributed by atoms with E-state index in [0.717, 1.165) is 10.2 Å². The first-order chi connectivity index (χ1) is 10.6. The molecule has 0 bridgehead atoms. The third kappa shape index (κ3) is 2.63. The number of para-hydroxylation sites is 1. The van der Waals surface area contributed by atoms with E-state index in [-0.39, 0.29) is 10.6 Å². The first-order valence-corrected chi connectivity index (χ1v) is 7.60. The molecule has 112 valence electrons. The molecule has 0 aliphatic rings. The number of aryl methyl sites for hydroxylation is 1. The van der Waals surface area contributed by atoms with Crippen LogP contribution >= 0.6 is 22.9 Å². The van der Waals surface area contributed by atoms with Crippen LogP contribution in [0.2, 0.25) is 5.02 Å². The SMILES string of the molecule is Cn1/c(=N\NC(=O)c2c(F)cccc2Cl)sc2ccccc21. The van der Waals surface area contributed by atoms with E-state index in [2.05, 4.69) is 10.5 Å². The van der Waals surface area contributed by atoms with Crippen molar-refractivity contribution in [3.05, 3.63) is 63.7 Å². The van der Waals surface area contributed by atoms with Crippen LogP contribution in [-0.2, 0) is 7.05 Å². The molecule has 3 rings (SSSR count). The van der Waals surface area contributed by atoms with Crippen LogP contribution in [0, 0.1) is 5.82 Å². The lowest BCUT2D eigenvalue weighted by molar-refractivity contribution is 0.0949. The van der Waals surface area contributed by atoms with E-state index in [0.29, 0.717) is 4.80 Å². The third-order valence-corrected chi connectivity index (χ3v) is 4.59. The average Bonchev–Trinajstić information content (AvgIpc) is 2.82. The van der Waals surface area contributed by atoms with Gasteiger partial charge in [0.2, 0.25) is 4.80 Å². The Morgan fingerprint density at radius 2 is 2.05 bits per heavy atom. The van der Waals surface area contributed by atoms with Gasteiger partial charge in [-0.15, -0.1) is 5.10 Å². The van der Waals surface area contributed by atoms with Crippen LogP contribution in [0.4, 0.5) is 4.39 Å². The number of nitrogens with zero attached hydrogens (tertiary/aromatic N) is 2. The van der Waals surface area contributed by atoms with Gasteiger partial charge in [-0.1, -0.05) is 41.1 Å². The van der Waals surface area contributed by atoms with E-state index in [9.17, 15) is 9.18 Å². The summed E-state index contributed by atoms with van der Waals surface area (Å²) < 4.78 is 16.6. The summed E-state index contributed by atoms with van der Waals surface area (Å²) >= 11 is 7.28. The number of benzene rings is 2. The average molecular weight is 336 g/mol. The van der Waals surface area contributed by atoms with Crippen molar-refractivity contribution in [2.45, 2.75) is 0 Å². The second-order valence-electron chi connectivity index (χ2n) is 4.56. The van der Waals surface area contributed by atoms with Crippen molar-refractivity contribution in [1.82, 2.24) is 9.99 Å². The smallest absolute Gasteiger partial charge is 0.275 e. The zero-order valence-electron chi connectivity index (χ0n) is 11.5. The summed E-state index contributed by atoms with van der Waals surface area (Å²) in [6.45, 7) is 0. The maximum absolute atomic E-state index is 13.7. The summed E-state index contributed by atoms with van der Waals surface area (Å²) in [4.78, 5) is 12.7. The topological polar surface area (TPSA) is 46.4 Å². The number of nitrogens with one attached hydrogen (secondary N) is 1. The van der Waals surface area contributed by atoms with Gasteiger partial charge in [0.05, 0.1) is 20.8 Å². The van der Waals surface area contributed by atoms with E-state index in [1.165, 1.54) is 29.5 Å². The lowest BCUT2D eigenvalue weighted by Crippen LogP contribution is -2.24. The number of halogens is 2. The zero-order valence-corrected chi connectivity index (χ0v) is 13.1. The van der Waals surface area contributed by atoms with Gasteiger partial charge in [-0.25, -0.2) is 9.82 Å². The standard InChI is InChI=1S/C15H11ClFN3OS/c1-20-11-7-2-3-8-12(11)22-15(20)19-18-14(21)13-9(16)5-4-6-10(13)17/h2-8H,1H3,(H,18,21)/b19-15+. The Morgan fingerprint density at radius 3 is 2.77 bits per heavy atom. The van der Waals surface area contributed by atoms with E-state index in [1.807, 2.05) is 35.9 Å². The molecule has 0 saturated carbocycles. The maximum atomic E-state index is 13.7. The highest BCUT2D eigenvalue weighted by Crippen LogP contribution is 2.18. The van der Waals surface area contributed by atoms with Crippen LogP contribution in [0.3, 0.4) is 0 Å². The van der Waals surface area contributed by atoms with Crippen molar-refractivity contribution in [2.24, 2.45) is 12.1 Å². The van der Waals surface area contributed by atoms with Crippen molar-refractivity contribution in [1.29, 1.82) is 0 Å². The maximum Gasteiger partial charge on any atom is 0.275 e. The van der Waals surface area contributed by atoms with E-state index in [4.69, 9.17) is 11.6 Å². The van der Waals surface area contributed by atoms with Crippen LogP contribution in [0.25, 0.3) is 10.2 Å². The van der Waals surface area contributed by atoms with E-state index < -0.39 is 11.7 Å². The molecule has 0 saturated heterocycles. The van der Waals surface area contributed by atoms with Gasteiger partial charge in [-0.3, -0.25) is 4.79 Å². The van der Waals surface area contributed by atoms with Crippen molar-refractivity contribution >= 4 is 39.1 Å². The molecule has 0 aliphatic heterocycles. The molecule has 0 aliphatic carbocycles. The molecule has 7 heteroatoms. The highest BCUT2D eigenvalue weighted by atomic mass is 35.5. The Balaban J connectivity index is 1.96. The minimum Gasteiger partial charge on any atom is -0.318 e. The van der Waals surface area contributed by atoms with Crippen molar-refractivity contribution in [2.75, 3.05) is 0 Å². The van der Waals surface area contributed by atoms with Gasteiger partial charge in [-0.05, 0) is 24.3 Å². The number of hydrogen-bond donors (Lipinski definition) is 1. The minimum absolute atomic E-state index is 0.0495. The highest BCUT2D eigenvalue weighted by molar-refractivity contribution is 7.16. The molecule has 1 aromatic heterocycles. The van der Waals surface area contributed by atoms with Gasteiger partial charge in [-0.2, -0.15) is 0 Å². The number of thiazole rings is 1. The third-order valence-electron chi connectivity index (χ3n) is 3.16. The Bertz CT molecular complexity index is 912. The van der Waals surface area contributed by atoms with E-state index in [1.54, 1.807) is 0 Å². The molecular weight excluding hydrogens is 325 g/mol. The summed E-state index contributed by atoms with van der Waals surface area (Å²) in [5.41, 5.74) is 3.14. The predicted molar refractivity (Wildman–Crippen MR) is 85.2 cm³/mol. The first kappa shape index (κ1) is 14.7. The van der Waals surface area contributed by atoms with Gasteiger partial charge in [0.25, 0.3) is 5.91 Å². The highest BCUT2D eigenvalue weighted by Gasteiger charge is 2.15. The molecule has 4 nitrogen and oxygen atoms in total. The number of rotatable bonds is 2. The van der Waals surface area contributed by atoms with Gasteiger partial charge >= 0.3 is 0 Å². The normalized spacial score (nSPS) is 11.9. The number of fused-ring (bicyclic) bond motifs is 1. The Labute approximate surface area is 134 Å². The molecule has 2 aromatic carbocycles. The van der Waals surface area contributed by atoms with Gasteiger partial charge in [0, 0.05) is 7.05 Å². The first-order valence-electron chi connectivity index (χ1n) is 6.40. The van der Waals surface area contributed by atoms with Crippen molar-refractivity contribution in [3.63, 3.8) is 0 Å². The lowest BCUT2D eigenvalue weighted by Gasteiger charge is -2.03. The predicted octanol–water partition coefficient (Wildman–Crippen LogP) is 3.28. The van der Waals surface area contributed by atoms with Crippen LogP contribution < -0.4 is 10.2 Å². The minimum atomic E-state index is -0.680. The van der Waals surface area contributed by atoms with E-state index >= 15 is 0 Å². The lowest BCUT2D eigenvalue weighted by atomic mass is 10.2. The summed E-state index contributed by atoms with van der Waals surface area (Å²) in [5.74, 6) is -1.36. The fourth-order valence-electron chi connectivity index (χ4n) is 2.06. The number of hydrogen-bond acceptors (Lipinski definition) is 3. The summed E-state index contributed by atoms with van der Waals surface area (Å²) in [7, 11) is 1.85. The monoisotopic (exact) mass is 335 g/mol. The fourth-order valence-corrected chi connectivity index (χ4v) is 3.29. The van der Waals surface area contributed by atoms with Crippen LogP contribution in [0.1, 0.15) is 10.4 Å². The quantitative estimate of drug-likeness (QED) is 0.718.